The van der Waals surface area contributed by atoms with Crippen molar-refractivity contribution in [3.63, 3.8) is 0 Å². The van der Waals surface area contributed by atoms with Crippen LogP contribution in [0.1, 0.15) is 23.7 Å². The van der Waals surface area contributed by atoms with Crippen LogP contribution in [0.2, 0.25) is 0 Å². The molecule has 1 N–H and O–H groups in total. The van der Waals surface area contributed by atoms with Crippen LogP contribution in [0, 0.1) is 0 Å². The van der Waals surface area contributed by atoms with Crippen molar-refractivity contribution in [1.29, 1.82) is 0 Å². The van der Waals surface area contributed by atoms with Gasteiger partial charge in [-0.1, -0.05) is 30.8 Å². The Kier molecular flexibility index (Phi) is 3.40. The van der Waals surface area contributed by atoms with E-state index < -0.39 is 0 Å². The standard InChI is InChI=1S/C16H15NO2S/c1-2-7-17-12-5-3-4-6-15(12)20-16-8-11(10-18)14(19)9-13(16)17/h3-6,8-10,19H,2,7H2,1H3. The van der Waals surface area contributed by atoms with Crippen molar-refractivity contribution < 1.29 is 9.90 Å². The van der Waals surface area contributed by atoms with Gasteiger partial charge in [-0.15, -0.1) is 0 Å². The lowest BCUT2D eigenvalue weighted by atomic mass is 10.1. The highest BCUT2D eigenvalue weighted by molar-refractivity contribution is 7.99. The van der Waals surface area contributed by atoms with E-state index in [9.17, 15) is 9.90 Å². The summed E-state index contributed by atoms with van der Waals surface area (Å²) in [4.78, 5) is 15.4. The SMILES string of the molecule is CCCN1c2ccccc2Sc2cc(C=O)c(O)cc21. The predicted octanol–water partition coefficient (Wildman–Crippen LogP) is 4.22. The van der Waals surface area contributed by atoms with Gasteiger partial charge in [-0.3, -0.25) is 4.79 Å². The molecule has 0 saturated heterocycles. The molecule has 0 fully saturated rings. The minimum atomic E-state index is 0.0415. The highest BCUT2D eigenvalue weighted by Crippen LogP contribution is 2.49. The molecule has 1 aliphatic rings. The summed E-state index contributed by atoms with van der Waals surface area (Å²) in [6.45, 7) is 3.01. The third-order valence-electron chi connectivity index (χ3n) is 3.35. The van der Waals surface area contributed by atoms with E-state index in [1.807, 2.05) is 12.1 Å². The number of anilines is 2. The second kappa shape index (κ2) is 5.21. The minimum Gasteiger partial charge on any atom is -0.507 e. The number of benzene rings is 2. The van der Waals surface area contributed by atoms with E-state index in [4.69, 9.17) is 0 Å². The van der Waals surface area contributed by atoms with Crippen LogP contribution in [0.15, 0.2) is 46.2 Å². The number of nitrogens with zero attached hydrogens (tertiary/aromatic N) is 1. The zero-order chi connectivity index (χ0) is 14.1. The number of aldehydes is 1. The van der Waals surface area contributed by atoms with Crippen molar-refractivity contribution in [2.45, 2.75) is 23.1 Å². The van der Waals surface area contributed by atoms with Crippen molar-refractivity contribution in [3.8, 4) is 5.75 Å². The molecule has 1 aliphatic heterocycles. The summed E-state index contributed by atoms with van der Waals surface area (Å²) in [7, 11) is 0. The average molecular weight is 285 g/mol. The number of phenolic OH excluding ortho intramolecular Hbond substituents is 1. The first-order valence-corrected chi connectivity index (χ1v) is 7.43. The topological polar surface area (TPSA) is 40.5 Å². The third kappa shape index (κ3) is 2.06. The molecule has 0 unspecified atom stereocenters. The molecule has 0 saturated carbocycles. The minimum absolute atomic E-state index is 0.0415. The van der Waals surface area contributed by atoms with Crippen molar-refractivity contribution in [2.24, 2.45) is 0 Å². The number of para-hydroxylation sites is 1. The number of carbonyl (C=O) groups excluding carboxylic acids is 1. The van der Waals surface area contributed by atoms with Crippen LogP contribution >= 0.6 is 11.8 Å². The maximum Gasteiger partial charge on any atom is 0.153 e. The van der Waals surface area contributed by atoms with Crippen LogP contribution < -0.4 is 4.90 Å². The molecule has 0 aliphatic carbocycles. The second-order valence-corrected chi connectivity index (χ2v) is 5.80. The van der Waals surface area contributed by atoms with Gasteiger partial charge in [-0.25, -0.2) is 0 Å². The number of hydrogen-bond donors (Lipinski definition) is 1. The van der Waals surface area contributed by atoms with E-state index in [2.05, 4.69) is 24.0 Å². The molecular weight excluding hydrogens is 270 g/mol. The van der Waals surface area contributed by atoms with Gasteiger partial charge in [0.2, 0.25) is 0 Å². The van der Waals surface area contributed by atoms with Crippen molar-refractivity contribution in [2.75, 3.05) is 11.4 Å². The zero-order valence-electron chi connectivity index (χ0n) is 11.2. The summed E-state index contributed by atoms with van der Waals surface area (Å²) >= 11 is 1.64. The van der Waals surface area contributed by atoms with Crippen LogP contribution in [-0.2, 0) is 0 Å². The maximum absolute atomic E-state index is 11.0. The molecule has 102 valence electrons. The van der Waals surface area contributed by atoms with Crippen LogP contribution in [0.25, 0.3) is 0 Å². The van der Waals surface area contributed by atoms with Crippen LogP contribution in [-0.4, -0.2) is 17.9 Å². The Morgan fingerprint density at radius 2 is 2.00 bits per heavy atom. The Morgan fingerprint density at radius 1 is 1.20 bits per heavy atom. The molecule has 0 aromatic heterocycles. The molecule has 4 heteroatoms. The molecule has 0 amide bonds. The molecule has 0 atom stereocenters. The normalized spacial score (nSPS) is 12.8. The lowest BCUT2D eigenvalue weighted by molar-refractivity contribution is 0.112. The van der Waals surface area contributed by atoms with Gasteiger partial charge < -0.3 is 10.0 Å². The Balaban J connectivity index is 2.17. The first-order chi connectivity index (χ1) is 9.74. The fourth-order valence-corrected chi connectivity index (χ4v) is 3.57. The number of phenols is 1. The number of hydrogen-bond acceptors (Lipinski definition) is 4. The molecule has 2 aromatic rings. The highest BCUT2D eigenvalue weighted by atomic mass is 32.2. The summed E-state index contributed by atoms with van der Waals surface area (Å²) in [5.74, 6) is 0.0415. The van der Waals surface area contributed by atoms with Gasteiger partial charge in [0.15, 0.2) is 6.29 Å². The Bertz CT molecular complexity index is 670. The van der Waals surface area contributed by atoms with Crippen molar-refractivity contribution in [1.82, 2.24) is 0 Å². The van der Waals surface area contributed by atoms with Gasteiger partial charge in [0.05, 0.1) is 16.9 Å². The van der Waals surface area contributed by atoms with Gasteiger partial charge in [0.1, 0.15) is 5.75 Å². The third-order valence-corrected chi connectivity index (χ3v) is 4.46. The van der Waals surface area contributed by atoms with E-state index in [0.717, 1.165) is 29.2 Å². The summed E-state index contributed by atoms with van der Waals surface area (Å²) in [5.41, 5.74) is 2.47. The number of carbonyl (C=O) groups is 1. The molecule has 3 rings (SSSR count). The molecule has 0 bridgehead atoms. The predicted molar refractivity (Wildman–Crippen MR) is 81.4 cm³/mol. The molecule has 2 aromatic carbocycles. The van der Waals surface area contributed by atoms with Crippen LogP contribution in [0.4, 0.5) is 11.4 Å². The van der Waals surface area contributed by atoms with Crippen LogP contribution in [0.3, 0.4) is 0 Å². The van der Waals surface area contributed by atoms with Gasteiger partial charge in [0, 0.05) is 22.4 Å². The van der Waals surface area contributed by atoms with Gasteiger partial charge >= 0.3 is 0 Å². The Labute approximate surface area is 122 Å². The second-order valence-electron chi connectivity index (χ2n) is 4.72. The molecule has 20 heavy (non-hydrogen) atoms. The van der Waals surface area contributed by atoms with E-state index in [0.29, 0.717) is 11.8 Å². The van der Waals surface area contributed by atoms with Crippen molar-refractivity contribution >= 4 is 29.4 Å². The van der Waals surface area contributed by atoms with E-state index in [1.165, 1.54) is 4.90 Å². The monoisotopic (exact) mass is 285 g/mol. The van der Waals surface area contributed by atoms with Gasteiger partial charge in [0.25, 0.3) is 0 Å². The van der Waals surface area contributed by atoms with Gasteiger partial charge in [-0.05, 0) is 24.6 Å². The number of rotatable bonds is 3. The summed E-state index contributed by atoms with van der Waals surface area (Å²) < 4.78 is 0. The Morgan fingerprint density at radius 3 is 2.75 bits per heavy atom. The molecule has 0 spiro atoms. The molecular formula is C16H15NO2S. The lowest BCUT2D eigenvalue weighted by Crippen LogP contribution is -2.21. The molecule has 3 nitrogen and oxygen atoms in total. The average Bonchev–Trinajstić information content (AvgIpc) is 2.47. The maximum atomic E-state index is 11.0. The highest BCUT2D eigenvalue weighted by Gasteiger charge is 2.24. The Hall–Kier alpha value is -1.94. The number of aromatic hydroxyl groups is 1. The van der Waals surface area contributed by atoms with E-state index >= 15 is 0 Å². The first-order valence-electron chi connectivity index (χ1n) is 6.61. The number of fused-ring (bicyclic) bond motifs is 2. The fraction of sp³-hybridized carbons (Fsp3) is 0.188. The molecule has 0 radical (unpaired) electrons. The largest absolute Gasteiger partial charge is 0.507 e. The van der Waals surface area contributed by atoms with E-state index in [1.54, 1.807) is 23.9 Å². The zero-order valence-corrected chi connectivity index (χ0v) is 12.0. The lowest BCUT2D eigenvalue weighted by Gasteiger charge is -2.32. The first kappa shape index (κ1) is 13.1. The smallest absolute Gasteiger partial charge is 0.153 e. The quantitative estimate of drug-likeness (QED) is 0.857. The summed E-state index contributed by atoms with van der Waals surface area (Å²) in [6, 6.07) is 11.7. The fourth-order valence-electron chi connectivity index (χ4n) is 2.44. The molecule has 1 heterocycles. The summed E-state index contributed by atoms with van der Waals surface area (Å²) in [5, 5.41) is 9.93. The van der Waals surface area contributed by atoms with Crippen molar-refractivity contribution in [3.05, 3.63) is 42.0 Å². The van der Waals surface area contributed by atoms with E-state index in [-0.39, 0.29) is 5.75 Å². The van der Waals surface area contributed by atoms with Crippen LogP contribution in [0.5, 0.6) is 5.75 Å². The van der Waals surface area contributed by atoms with Gasteiger partial charge in [-0.2, -0.15) is 0 Å². The summed E-state index contributed by atoms with van der Waals surface area (Å²) in [6.07, 6.45) is 1.70.